The van der Waals surface area contributed by atoms with E-state index in [-0.39, 0.29) is 11.4 Å². The third kappa shape index (κ3) is 4.43. The molecular formula is C20H24N4O2S. The maximum Gasteiger partial charge on any atom is 0.240 e. The van der Waals surface area contributed by atoms with Crippen LogP contribution in [0.5, 0.6) is 0 Å². The number of pyridine rings is 1. The van der Waals surface area contributed by atoms with E-state index >= 15 is 0 Å². The van der Waals surface area contributed by atoms with Crippen LogP contribution in [0.1, 0.15) is 43.1 Å². The molecule has 2 aromatic heterocycles. The largest absolute Gasteiger partial charge is 0.288 e. The lowest BCUT2D eigenvalue weighted by atomic mass is 9.99. The van der Waals surface area contributed by atoms with Gasteiger partial charge in [-0.1, -0.05) is 32.0 Å². The highest BCUT2D eigenvalue weighted by molar-refractivity contribution is 7.89. The number of hydrogen-bond donors (Lipinski definition) is 1. The minimum atomic E-state index is -3.56. The van der Waals surface area contributed by atoms with Crippen LogP contribution >= 0.6 is 0 Å². The summed E-state index contributed by atoms with van der Waals surface area (Å²) in [6.45, 7) is 6.33. The van der Waals surface area contributed by atoms with Crippen LogP contribution in [0.3, 0.4) is 0 Å². The Kier molecular flexibility index (Phi) is 5.72. The molecule has 1 N–H and O–H groups in total. The predicted octanol–water partition coefficient (Wildman–Crippen LogP) is 3.57. The van der Waals surface area contributed by atoms with Crippen LogP contribution in [-0.4, -0.2) is 23.0 Å². The minimum Gasteiger partial charge on any atom is -0.288 e. The van der Waals surface area contributed by atoms with Gasteiger partial charge >= 0.3 is 0 Å². The van der Waals surface area contributed by atoms with E-state index in [4.69, 9.17) is 0 Å². The highest BCUT2D eigenvalue weighted by atomic mass is 32.2. The van der Waals surface area contributed by atoms with Crippen molar-refractivity contribution in [3.63, 3.8) is 0 Å². The summed E-state index contributed by atoms with van der Waals surface area (Å²) < 4.78 is 29.5. The Labute approximate surface area is 160 Å². The van der Waals surface area contributed by atoms with Gasteiger partial charge in [0.15, 0.2) is 0 Å². The lowest BCUT2D eigenvalue weighted by Gasteiger charge is -2.11. The van der Waals surface area contributed by atoms with E-state index in [2.05, 4.69) is 28.5 Å². The number of nitrogens with one attached hydrogen (secondary N) is 1. The van der Waals surface area contributed by atoms with E-state index in [0.717, 1.165) is 29.2 Å². The number of aryl methyl sites for hydroxylation is 1. The molecule has 0 saturated heterocycles. The van der Waals surface area contributed by atoms with E-state index < -0.39 is 10.0 Å². The van der Waals surface area contributed by atoms with Gasteiger partial charge in [-0.3, -0.25) is 4.57 Å². The molecule has 0 amide bonds. The summed E-state index contributed by atoms with van der Waals surface area (Å²) in [7, 11) is -3.56. The summed E-state index contributed by atoms with van der Waals surface area (Å²) in [5, 5.41) is 0. The lowest BCUT2D eigenvalue weighted by molar-refractivity contribution is 0.581. The fourth-order valence-corrected chi connectivity index (χ4v) is 3.77. The molecule has 1 unspecified atom stereocenters. The van der Waals surface area contributed by atoms with Gasteiger partial charge in [-0.2, -0.15) is 0 Å². The standard InChI is InChI=1S/C20H24N4O2S/c1-4-15(2)18-6-8-19(9-7-18)27(25,26)23-14-17-5-10-20(22-13-17)24-12-11-21-16(24)3/h5-13,15,23H,4,14H2,1-3H3. The first-order valence-corrected chi connectivity index (χ1v) is 10.4. The third-order valence-electron chi connectivity index (χ3n) is 4.72. The molecule has 0 aliphatic rings. The first-order chi connectivity index (χ1) is 12.9. The molecule has 0 saturated carbocycles. The predicted molar refractivity (Wildman–Crippen MR) is 105 cm³/mol. The smallest absolute Gasteiger partial charge is 0.240 e. The van der Waals surface area contributed by atoms with Crippen LogP contribution in [0.4, 0.5) is 0 Å². The Morgan fingerprint density at radius 1 is 1.11 bits per heavy atom. The quantitative estimate of drug-likeness (QED) is 0.676. The van der Waals surface area contributed by atoms with Crippen LogP contribution in [0.2, 0.25) is 0 Å². The van der Waals surface area contributed by atoms with Crippen LogP contribution in [0.15, 0.2) is 59.9 Å². The summed E-state index contributed by atoms with van der Waals surface area (Å²) in [6, 6.07) is 10.8. The molecule has 0 aliphatic carbocycles. The molecule has 0 fully saturated rings. The Bertz CT molecular complexity index is 993. The van der Waals surface area contributed by atoms with Gasteiger partial charge in [-0.05, 0) is 48.6 Å². The fraction of sp³-hybridized carbons (Fsp3) is 0.300. The second kappa shape index (κ2) is 8.02. The van der Waals surface area contributed by atoms with Crippen LogP contribution < -0.4 is 4.72 Å². The number of aromatic nitrogens is 3. The normalized spacial score (nSPS) is 12.9. The average Bonchev–Trinajstić information content (AvgIpc) is 3.12. The molecule has 3 aromatic rings. The van der Waals surface area contributed by atoms with Gasteiger partial charge < -0.3 is 0 Å². The molecule has 3 rings (SSSR count). The number of hydrogen-bond acceptors (Lipinski definition) is 4. The number of rotatable bonds is 7. The first-order valence-electron chi connectivity index (χ1n) is 8.95. The fourth-order valence-electron chi connectivity index (χ4n) is 2.76. The number of nitrogens with zero attached hydrogens (tertiary/aromatic N) is 3. The van der Waals surface area contributed by atoms with E-state index in [0.29, 0.717) is 5.92 Å². The van der Waals surface area contributed by atoms with Crippen LogP contribution in [-0.2, 0) is 16.6 Å². The summed E-state index contributed by atoms with van der Waals surface area (Å²) >= 11 is 0. The Morgan fingerprint density at radius 2 is 1.85 bits per heavy atom. The van der Waals surface area contributed by atoms with Gasteiger partial charge in [0, 0.05) is 25.1 Å². The molecule has 0 aliphatic heterocycles. The van der Waals surface area contributed by atoms with Gasteiger partial charge in [0.25, 0.3) is 0 Å². The van der Waals surface area contributed by atoms with Crippen LogP contribution in [0, 0.1) is 6.92 Å². The topological polar surface area (TPSA) is 76.9 Å². The first kappa shape index (κ1) is 19.3. The molecule has 142 valence electrons. The SMILES string of the molecule is CCC(C)c1ccc(S(=O)(=O)NCc2ccc(-n3ccnc3C)nc2)cc1. The van der Waals surface area contributed by atoms with Gasteiger partial charge in [0.2, 0.25) is 10.0 Å². The summed E-state index contributed by atoms with van der Waals surface area (Å²) in [6.07, 6.45) is 6.24. The van der Waals surface area contributed by atoms with Gasteiger partial charge in [-0.25, -0.2) is 23.1 Å². The monoisotopic (exact) mass is 384 g/mol. The van der Waals surface area contributed by atoms with Crippen molar-refractivity contribution < 1.29 is 8.42 Å². The molecule has 27 heavy (non-hydrogen) atoms. The summed E-state index contributed by atoms with van der Waals surface area (Å²) in [5.41, 5.74) is 1.93. The van der Waals surface area contributed by atoms with E-state index in [1.54, 1.807) is 24.5 Å². The average molecular weight is 385 g/mol. The van der Waals surface area contributed by atoms with Crippen molar-refractivity contribution >= 4 is 10.0 Å². The summed E-state index contributed by atoms with van der Waals surface area (Å²) in [4.78, 5) is 8.83. The number of imidazole rings is 1. The van der Waals surface area contributed by atoms with Crippen molar-refractivity contribution in [3.8, 4) is 5.82 Å². The summed E-state index contributed by atoms with van der Waals surface area (Å²) in [5.74, 6) is 2.01. The third-order valence-corrected chi connectivity index (χ3v) is 6.14. The Morgan fingerprint density at radius 3 is 2.41 bits per heavy atom. The van der Waals surface area contributed by atoms with Gasteiger partial charge in [0.05, 0.1) is 4.90 Å². The highest BCUT2D eigenvalue weighted by Gasteiger charge is 2.14. The molecule has 6 nitrogen and oxygen atoms in total. The van der Waals surface area contributed by atoms with Crippen molar-refractivity contribution in [3.05, 3.63) is 71.9 Å². The zero-order chi connectivity index (χ0) is 19.4. The molecule has 0 radical (unpaired) electrons. The lowest BCUT2D eigenvalue weighted by Crippen LogP contribution is -2.23. The van der Waals surface area contributed by atoms with Gasteiger partial charge in [-0.15, -0.1) is 0 Å². The van der Waals surface area contributed by atoms with Crippen molar-refractivity contribution in [1.82, 2.24) is 19.3 Å². The molecule has 1 aromatic carbocycles. The van der Waals surface area contributed by atoms with Crippen molar-refractivity contribution in [2.75, 3.05) is 0 Å². The Balaban J connectivity index is 1.67. The van der Waals surface area contributed by atoms with E-state index in [1.165, 1.54) is 0 Å². The highest BCUT2D eigenvalue weighted by Crippen LogP contribution is 2.20. The minimum absolute atomic E-state index is 0.186. The zero-order valence-corrected chi connectivity index (χ0v) is 16.6. The molecule has 1 atom stereocenters. The van der Waals surface area contributed by atoms with Crippen LogP contribution in [0.25, 0.3) is 5.82 Å². The number of sulfonamides is 1. The van der Waals surface area contributed by atoms with E-state index in [9.17, 15) is 8.42 Å². The van der Waals surface area contributed by atoms with Crippen molar-refractivity contribution in [2.45, 2.75) is 44.6 Å². The molecular weight excluding hydrogens is 360 g/mol. The maximum absolute atomic E-state index is 12.5. The maximum atomic E-state index is 12.5. The van der Waals surface area contributed by atoms with Crippen molar-refractivity contribution in [2.24, 2.45) is 0 Å². The molecule has 7 heteroatoms. The second-order valence-electron chi connectivity index (χ2n) is 6.57. The molecule has 2 heterocycles. The molecule has 0 bridgehead atoms. The number of benzene rings is 1. The van der Waals surface area contributed by atoms with E-state index in [1.807, 2.05) is 42.0 Å². The zero-order valence-electron chi connectivity index (χ0n) is 15.8. The molecule has 0 spiro atoms. The second-order valence-corrected chi connectivity index (χ2v) is 8.34. The van der Waals surface area contributed by atoms with Gasteiger partial charge in [0.1, 0.15) is 11.6 Å². The van der Waals surface area contributed by atoms with Crippen molar-refractivity contribution in [1.29, 1.82) is 0 Å². The Hall–Kier alpha value is -2.51.